The molecule has 2 aliphatic heterocycles. The molecule has 2 heterocycles. The van der Waals surface area contributed by atoms with E-state index in [4.69, 9.17) is 22.1 Å². The Labute approximate surface area is 142 Å². The van der Waals surface area contributed by atoms with Crippen LogP contribution in [0.25, 0.3) is 0 Å². The minimum absolute atomic E-state index is 0.0400. The first-order valence-electron chi connectivity index (χ1n) is 8.52. The minimum Gasteiger partial charge on any atom is -0.377 e. The lowest BCUT2D eigenvalue weighted by Gasteiger charge is -2.35. The van der Waals surface area contributed by atoms with Gasteiger partial charge in [-0.1, -0.05) is 29.8 Å². The Morgan fingerprint density at radius 1 is 1.26 bits per heavy atom. The van der Waals surface area contributed by atoms with E-state index >= 15 is 0 Å². The van der Waals surface area contributed by atoms with Gasteiger partial charge < -0.3 is 15.4 Å². The van der Waals surface area contributed by atoms with Crippen LogP contribution in [-0.4, -0.2) is 43.2 Å². The molecule has 4 nitrogen and oxygen atoms in total. The van der Waals surface area contributed by atoms with Gasteiger partial charge in [0.25, 0.3) is 0 Å². The molecule has 5 heteroatoms. The van der Waals surface area contributed by atoms with E-state index in [1.807, 2.05) is 18.2 Å². The second-order valence-electron chi connectivity index (χ2n) is 6.65. The fourth-order valence-electron chi connectivity index (χ4n) is 3.87. The monoisotopic (exact) mass is 336 g/mol. The Morgan fingerprint density at radius 2 is 2.00 bits per heavy atom. The molecule has 2 saturated heterocycles. The lowest BCUT2D eigenvalue weighted by atomic mass is 9.84. The molecule has 0 aliphatic carbocycles. The van der Waals surface area contributed by atoms with Crippen LogP contribution in [0.3, 0.4) is 0 Å². The molecule has 2 fully saturated rings. The van der Waals surface area contributed by atoms with E-state index in [1.165, 1.54) is 5.56 Å². The van der Waals surface area contributed by atoms with Crippen LogP contribution in [0.15, 0.2) is 24.3 Å². The predicted octanol–water partition coefficient (Wildman–Crippen LogP) is 2.48. The molecule has 1 aromatic carbocycles. The van der Waals surface area contributed by atoms with Gasteiger partial charge in [-0.05, 0) is 56.3 Å². The normalized spacial score (nSPS) is 26.5. The molecule has 0 aromatic heterocycles. The van der Waals surface area contributed by atoms with Gasteiger partial charge in [0, 0.05) is 18.2 Å². The number of amides is 1. The number of rotatable bonds is 5. The molecule has 0 bridgehead atoms. The molecule has 2 aliphatic rings. The summed E-state index contributed by atoms with van der Waals surface area (Å²) in [5.41, 5.74) is 6.72. The highest BCUT2D eigenvalue weighted by Crippen LogP contribution is 2.33. The Kier molecular flexibility index (Phi) is 5.57. The average Bonchev–Trinajstić information content (AvgIpc) is 3.04. The first-order valence-corrected chi connectivity index (χ1v) is 8.89. The van der Waals surface area contributed by atoms with E-state index in [0.29, 0.717) is 12.5 Å². The summed E-state index contributed by atoms with van der Waals surface area (Å²) in [6, 6.07) is 8.05. The second kappa shape index (κ2) is 7.65. The molecule has 0 radical (unpaired) electrons. The first-order chi connectivity index (χ1) is 11.1. The number of ether oxygens (including phenoxy) is 1. The predicted molar refractivity (Wildman–Crippen MR) is 91.4 cm³/mol. The van der Waals surface area contributed by atoms with Crippen molar-refractivity contribution < 1.29 is 9.53 Å². The van der Waals surface area contributed by atoms with Crippen molar-refractivity contribution in [3.63, 3.8) is 0 Å². The molecule has 3 rings (SSSR count). The number of primary amides is 1. The van der Waals surface area contributed by atoms with Gasteiger partial charge in [-0.25, -0.2) is 0 Å². The van der Waals surface area contributed by atoms with Gasteiger partial charge in [-0.3, -0.25) is 4.79 Å². The standard InChI is InChI=1S/C18H25ClN2O2/c19-16-4-2-1-3-13(16)5-9-21-10-6-14(7-11-21)17-15(18(20)22)8-12-23-17/h1-4,14-15,17H,5-12H2,(H2,20,22)/t15-,17+/m0/s1. The Morgan fingerprint density at radius 3 is 2.70 bits per heavy atom. The average molecular weight is 337 g/mol. The topological polar surface area (TPSA) is 55.6 Å². The van der Waals surface area contributed by atoms with Crippen molar-refractivity contribution in [1.82, 2.24) is 4.90 Å². The molecule has 0 unspecified atom stereocenters. The zero-order valence-corrected chi connectivity index (χ0v) is 14.2. The van der Waals surface area contributed by atoms with Gasteiger partial charge in [-0.2, -0.15) is 0 Å². The number of halogens is 1. The molecule has 0 saturated carbocycles. The second-order valence-corrected chi connectivity index (χ2v) is 7.06. The summed E-state index contributed by atoms with van der Waals surface area (Å²) in [6.45, 7) is 3.81. The zero-order valence-electron chi connectivity index (χ0n) is 13.4. The van der Waals surface area contributed by atoms with Crippen LogP contribution in [0.1, 0.15) is 24.8 Å². The van der Waals surface area contributed by atoms with Gasteiger partial charge in [0.2, 0.25) is 5.91 Å². The molecule has 2 N–H and O–H groups in total. The molecule has 1 aromatic rings. The third-order valence-corrected chi connectivity index (χ3v) is 5.62. The number of carbonyl (C=O) groups excluding carboxylic acids is 1. The zero-order chi connectivity index (χ0) is 16.2. The van der Waals surface area contributed by atoms with Crippen LogP contribution in [0, 0.1) is 11.8 Å². The summed E-state index contributed by atoms with van der Waals surface area (Å²) in [5.74, 6) is 0.176. The largest absolute Gasteiger partial charge is 0.377 e. The maximum atomic E-state index is 11.5. The highest BCUT2D eigenvalue weighted by molar-refractivity contribution is 6.31. The molecule has 126 valence electrons. The van der Waals surface area contributed by atoms with Gasteiger partial charge in [0.1, 0.15) is 0 Å². The van der Waals surface area contributed by atoms with E-state index in [-0.39, 0.29) is 17.9 Å². The van der Waals surface area contributed by atoms with Crippen molar-refractivity contribution in [3.8, 4) is 0 Å². The third-order valence-electron chi connectivity index (χ3n) is 5.25. The maximum Gasteiger partial charge on any atom is 0.223 e. The van der Waals surface area contributed by atoms with Crippen LogP contribution >= 0.6 is 11.6 Å². The summed E-state index contributed by atoms with van der Waals surface area (Å²) in [7, 11) is 0. The Hall–Kier alpha value is -1.10. The number of hydrogen-bond donors (Lipinski definition) is 1. The lowest BCUT2D eigenvalue weighted by Crippen LogP contribution is -2.42. The van der Waals surface area contributed by atoms with Gasteiger partial charge in [-0.15, -0.1) is 0 Å². The van der Waals surface area contributed by atoms with E-state index in [1.54, 1.807) is 0 Å². The molecule has 1 amide bonds. The van der Waals surface area contributed by atoms with Crippen molar-refractivity contribution >= 4 is 17.5 Å². The summed E-state index contributed by atoms with van der Waals surface area (Å²) in [5, 5.41) is 0.853. The van der Waals surface area contributed by atoms with Crippen LogP contribution in [0.5, 0.6) is 0 Å². The summed E-state index contributed by atoms with van der Waals surface area (Å²) >= 11 is 6.22. The van der Waals surface area contributed by atoms with Crippen molar-refractivity contribution in [2.24, 2.45) is 17.6 Å². The van der Waals surface area contributed by atoms with Gasteiger partial charge in [0.05, 0.1) is 12.0 Å². The SMILES string of the molecule is NC(=O)[C@H]1CCO[C@@H]1C1CCN(CCc2ccccc2Cl)CC1. The van der Waals surface area contributed by atoms with Crippen LogP contribution in [-0.2, 0) is 16.0 Å². The fraction of sp³-hybridized carbons (Fsp3) is 0.611. The van der Waals surface area contributed by atoms with Crippen molar-refractivity contribution in [2.45, 2.75) is 31.8 Å². The number of likely N-dealkylation sites (tertiary alicyclic amines) is 1. The van der Waals surface area contributed by atoms with E-state index < -0.39 is 0 Å². The van der Waals surface area contributed by atoms with Gasteiger partial charge >= 0.3 is 0 Å². The molecular weight excluding hydrogens is 312 g/mol. The highest BCUT2D eigenvalue weighted by Gasteiger charge is 2.39. The summed E-state index contributed by atoms with van der Waals surface area (Å²) in [6.07, 6.45) is 3.97. The van der Waals surface area contributed by atoms with E-state index in [0.717, 1.165) is 50.3 Å². The van der Waals surface area contributed by atoms with Crippen molar-refractivity contribution in [1.29, 1.82) is 0 Å². The van der Waals surface area contributed by atoms with Gasteiger partial charge in [0.15, 0.2) is 0 Å². The maximum absolute atomic E-state index is 11.5. The summed E-state index contributed by atoms with van der Waals surface area (Å²) in [4.78, 5) is 14.0. The number of nitrogens with two attached hydrogens (primary N) is 1. The third kappa shape index (κ3) is 4.06. The molecule has 0 spiro atoms. The Balaban J connectivity index is 1.47. The van der Waals surface area contributed by atoms with E-state index in [2.05, 4.69) is 11.0 Å². The van der Waals surface area contributed by atoms with Crippen molar-refractivity contribution in [3.05, 3.63) is 34.9 Å². The fourth-order valence-corrected chi connectivity index (χ4v) is 4.10. The smallest absolute Gasteiger partial charge is 0.223 e. The quantitative estimate of drug-likeness (QED) is 0.898. The lowest BCUT2D eigenvalue weighted by molar-refractivity contribution is -0.124. The van der Waals surface area contributed by atoms with E-state index in [9.17, 15) is 4.79 Å². The van der Waals surface area contributed by atoms with Crippen LogP contribution < -0.4 is 5.73 Å². The number of carbonyl (C=O) groups is 1. The van der Waals surface area contributed by atoms with Crippen LogP contribution in [0.2, 0.25) is 5.02 Å². The Bertz CT molecular complexity index is 544. The van der Waals surface area contributed by atoms with Crippen LogP contribution in [0.4, 0.5) is 0 Å². The number of nitrogens with zero attached hydrogens (tertiary/aromatic N) is 1. The number of piperidine rings is 1. The molecule has 2 atom stereocenters. The molecule has 23 heavy (non-hydrogen) atoms. The minimum atomic E-state index is -0.200. The number of hydrogen-bond acceptors (Lipinski definition) is 3. The highest BCUT2D eigenvalue weighted by atomic mass is 35.5. The summed E-state index contributed by atoms with van der Waals surface area (Å²) < 4.78 is 5.81. The first kappa shape index (κ1) is 16.7. The van der Waals surface area contributed by atoms with Crippen molar-refractivity contribution in [2.75, 3.05) is 26.2 Å². The molecular formula is C18H25ClN2O2. The number of benzene rings is 1.